The second kappa shape index (κ2) is 4.32. The van der Waals surface area contributed by atoms with Crippen LogP contribution in [0.25, 0.3) is 5.69 Å². The Morgan fingerprint density at radius 1 is 0.947 bits per heavy atom. The van der Waals surface area contributed by atoms with Gasteiger partial charge in [-0.1, -0.05) is 0 Å². The fourth-order valence-electron chi connectivity index (χ4n) is 1.60. The van der Waals surface area contributed by atoms with Gasteiger partial charge < -0.3 is 4.57 Å². The summed E-state index contributed by atoms with van der Waals surface area (Å²) in [5, 5.41) is 0. The van der Waals surface area contributed by atoms with E-state index >= 15 is 0 Å². The number of alkyl halides is 6. The molecule has 0 amide bonds. The first kappa shape index (κ1) is 13.5. The first-order chi connectivity index (χ1) is 8.69. The van der Waals surface area contributed by atoms with Crippen molar-refractivity contribution in [3.8, 4) is 5.69 Å². The highest BCUT2D eigenvalue weighted by Crippen LogP contribution is 2.37. The van der Waals surface area contributed by atoms with Crippen LogP contribution in [0.15, 0.2) is 36.7 Å². The molecule has 0 saturated carbocycles. The smallest absolute Gasteiger partial charge is 0.323 e. The van der Waals surface area contributed by atoms with Crippen molar-refractivity contribution in [3.63, 3.8) is 0 Å². The maximum Gasteiger partial charge on any atom is 0.418 e. The fraction of sp³-hybridized carbons (Fsp3) is 0.167. The van der Waals surface area contributed by atoms with Crippen LogP contribution in [0.3, 0.4) is 0 Å². The van der Waals surface area contributed by atoms with Crippen molar-refractivity contribution in [3.05, 3.63) is 53.9 Å². The number of aromatic nitrogens is 1. The highest BCUT2D eigenvalue weighted by Gasteiger charge is 2.37. The minimum atomic E-state index is -4.73. The zero-order valence-electron chi connectivity index (χ0n) is 9.18. The van der Waals surface area contributed by atoms with Crippen molar-refractivity contribution in [1.29, 1.82) is 0 Å². The maximum absolute atomic E-state index is 12.8. The van der Waals surface area contributed by atoms with E-state index < -0.39 is 29.2 Å². The van der Waals surface area contributed by atoms with Crippen LogP contribution < -0.4 is 0 Å². The average molecular weight is 278 g/mol. The summed E-state index contributed by atoms with van der Waals surface area (Å²) in [6.45, 7) is 0. The molecule has 1 aromatic carbocycles. The summed E-state index contributed by atoms with van der Waals surface area (Å²) in [7, 11) is 0. The van der Waals surface area contributed by atoms with Crippen molar-refractivity contribution in [2.24, 2.45) is 0 Å². The van der Waals surface area contributed by atoms with Gasteiger partial charge in [0, 0.05) is 18.5 Å². The van der Waals surface area contributed by atoms with Gasteiger partial charge >= 0.3 is 12.4 Å². The Morgan fingerprint density at radius 3 is 2.11 bits per heavy atom. The predicted octanol–water partition coefficient (Wildman–Crippen LogP) is 4.32. The monoisotopic (exact) mass is 278 g/mol. The third kappa shape index (κ3) is 2.74. The molecule has 1 aromatic heterocycles. The topological polar surface area (TPSA) is 4.93 Å². The van der Waals surface area contributed by atoms with Crippen molar-refractivity contribution in [1.82, 2.24) is 4.57 Å². The second-order valence-corrected chi connectivity index (χ2v) is 3.75. The molecule has 0 saturated heterocycles. The minimum Gasteiger partial charge on any atom is -0.323 e. The lowest BCUT2D eigenvalue weighted by Crippen LogP contribution is -2.13. The van der Waals surface area contributed by atoms with Gasteiger partial charge in [0.2, 0.25) is 0 Å². The SMILES string of the molecule is FC(F)(F)c1ccc(C(F)(F)F)c(-n2c[c]cc2)c1. The lowest BCUT2D eigenvalue weighted by molar-refractivity contribution is -0.141. The van der Waals surface area contributed by atoms with Gasteiger partial charge in [-0.15, -0.1) is 0 Å². The maximum atomic E-state index is 12.8. The van der Waals surface area contributed by atoms with E-state index in [1.165, 1.54) is 12.3 Å². The van der Waals surface area contributed by atoms with Crippen molar-refractivity contribution < 1.29 is 26.3 Å². The molecule has 0 aliphatic carbocycles. The Bertz CT molecular complexity index is 565. The summed E-state index contributed by atoms with van der Waals surface area (Å²) < 4.78 is 76.9. The summed E-state index contributed by atoms with van der Waals surface area (Å²) in [5.41, 5.74) is -2.85. The number of rotatable bonds is 1. The molecule has 0 atom stereocenters. The van der Waals surface area contributed by atoms with E-state index in [0.29, 0.717) is 18.2 Å². The van der Waals surface area contributed by atoms with E-state index in [1.807, 2.05) is 0 Å². The quantitative estimate of drug-likeness (QED) is 0.685. The number of nitrogens with zero attached hydrogens (tertiary/aromatic N) is 1. The molecule has 1 nitrogen and oxygen atoms in total. The summed E-state index contributed by atoms with van der Waals surface area (Å²) in [6, 6.07) is 5.10. The zero-order valence-corrected chi connectivity index (χ0v) is 9.18. The molecule has 7 heteroatoms. The van der Waals surface area contributed by atoms with Crippen LogP contribution in [0.1, 0.15) is 11.1 Å². The molecule has 0 unspecified atom stereocenters. The van der Waals surface area contributed by atoms with Crippen LogP contribution in [-0.2, 0) is 12.4 Å². The summed E-state index contributed by atoms with van der Waals surface area (Å²) in [5.74, 6) is 0. The summed E-state index contributed by atoms with van der Waals surface area (Å²) >= 11 is 0. The molecule has 0 bridgehead atoms. The van der Waals surface area contributed by atoms with Crippen LogP contribution in [0, 0.1) is 6.07 Å². The molecular weight excluding hydrogens is 272 g/mol. The van der Waals surface area contributed by atoms with E-state index in [2.05, 4.69) is 6.07 Å². The molecule has 19 heavy (non-hydrogen) atoms. The van der Waals surface area contributed by atoms with Gasteiger partial charge in [-0.25, -0.2) is 0 Å². The normalized spacial score (nSPS) is 12.7. The van der Waals surface area contributed by atoms with Crippen LogP contribution in [0.2, 0.25) is 0 Å². The standard InChI is InChI=1S/C12H6F6N/c13-11(14,15)8-3-4-9(12(16,17)18)10(7-8)19-5-1-2-6-19/h1,3-7H. The van der Waals surface area contributed by atoms with Crippen LogP contribution in [-0.4, -0.2) is 4.57 Å². The fourth-order valence-corrected chi connectivity index (χ4v) is 1.60. The zero-order chi connectivity index (χ0) is 14.3. The van der Waals surface area contributed by atoms with Crippen LogP contribution in [0.4, 0.5) is 26.3 Å². The van der Waals surface area contributed by atoms with E-state index in [9.17, 15) is 26.3 Å². The number of hydrogen-bond donors (Lipinski definition) is 0. The van der Waals surface area contributed by atoms with E-state index in [4.69, 9.17) is 0 Å². The highest BCUT2D eigenvalue weighted by molar-refractivity contribution is 5.46. The molecule has 0 aliphatic heterocycles. The summed E-state index contributed by atoms with van der Waals surface area (Å²) in [6.07, 6.45) is -7.10. The van der Waals surface area contributed by atoms with E-state index in [-0.39, 0.29) is 0 Å². The van der Waals surface area contributed by atoms with E-state index in [0.717, 1.165) is 10.8 Å². The molecule has 1 radical (unpaired) electrons. The van der Waals surface area contributed by atoms with E-state index in [1.54, 1.807) is 0 Å². The molecule has 101 valence electrons. The Balaban J connectivity index is 2.65. The molecule has 1 heterocycles. The first-order valence-corrected chi connectivity index (χ1v) is 5.02. The van der Waals surface area contributed by atoms with Gasteiger partial charge in [0.15, 0.2) is 0 Å². The van der Waals surface area contributed by atoms with Gasteiger partial charge in [-0.05, 0) is 24.3 Å². The van der Waals surface area contributed by atoms with Crippen LogP contribution >= 0.6 is 0 Å². The minimum absolute atomic E-state index is 0.416. The van der Waals surface area contributed by atoms with Gasteiger partial charge in [0.1, 0.15) is 0 Å². The van der Waals surface area contributed by atoms with Crippen molar-refractivity contribution in [2.75, 3.05) is 0 Å². The Kier molecular flexibility index (Phi) is 3.07. The van der Waals surface area contributed by atoms with Gasteiger partial charge in [0.05, 0.1) is 16.8 Å². The Morgan fingerprint density at radius 2 is 1.63 bits per heavy atom. The molecule has 0 fully saturated rings. The molecular formula is C12H6F6N. The Hall–Kier alpha value is -1.92. The van der Waals surface area contributed by atoms with Crippen LogP contribution in [0.5, 0.6) is 0 Å². The predicted molar refractivity (Wildman–Crippen MR) is 54.6 cm³/mol. The highest BCUT2D eigenvalue weighted by atomic mass is 19.4. The molecule has 0 N–H and O–H groups in total. The van der Waals surface area contributed by atoms with Gasteiger partial charge in [-0.3, -0.25) is 0 Å². The summed E-state index contributed by atoms with van der Waals surface area (Å²) in [4.78, 5) is 0. The van der Waals surface area contributed by atoms with Gasteiger partial charge in [-0.2, -0.15) is 26.3 Å². The van der Waals surface area contributed by atoms with Crippen molar-refractivity contribution in [2.45, 2.75) is 12.4 Å². The Labute approximate surface area is 104 Å². The lowest BCUT2D eigenvalue weighted by Gasteiger charge is -2.16. The number of hydrogen-bond acceptors (Lipinski definition) is 0. The lowest BCUT2D eigenvalue weighted by atomic mass is 10.1. The van der Waals surface area contributed by atoms with Gasteiger partial charge in [0.25, 0.3) is 0 Å². The number of halogens is 6. The molecule has 2 aromatic rings. The third-order valence-corrected chi connectivity index (χ3v) is 2.45. The molecule has 2 rings (SSSR count). The second-order valence-electron chi connectivity index (χ2n) is 3.75. The van der Waals surface area contributed by atoms with Crippen molar-refractivity contribution >= 4 is 0 Å². The first-order valence-electron chi connectivity index (χ1n) is 5.02. The molecule has 0 spiro atoms. The molecule has 0 aliphatic rings. The average Bonchev–Trinajstić information content (AvgIpc) is 2.79. The number of benzene rings is 1. The third-order valence-electron chi connectivity index (χ3n) is 2.45. The largest absolute Gasteiger partial charge is 0.418 e.